The summed E-state index contributed by atoms with van der Waals surface area (Å²) in [7, 11) is 2.17. The number of aliphatic hydroxyl groups is 1. The maximum atomic E-state index is 12.4. The fourth-order valence-corrected chi connectivity index (χ4v) is 8.26. The number of ether oxygens (including phenoxy) is 1. The predicted molar refractivity (Wildman–Crippen MR) is 114 cm³/mol. The van der Waals surface area contributed by atoms with Crippen LogP contribution in [0.2, 0.25) is 0 Å². The fraction of sp³-hybridized carbons (Fsp3) is 0.682. The third kappa shape index (κ3) is 2.13. The quantitative estimate of drug-likeness (QED) is 0.580. The van der Waals surface area contributed by atoms with Gasteiger partial charge in [-0.05, 0) is 36.8 Å². The maximum absolute atomic E-state index is 12.4. The molecule has 0 amide bonds. The lowest BCUT2D eigenvalue weighted by Gasteiger charge is -2.62. The Bertz CT molecular complexity index is 853. The zero-order chi connectivity index (χ0) is 19.4. The van der Waals surface area contributed by atoms with E-state index in [1.54, 1.807) is 0 Å². The highest BCUT2D eigenvalue weighted by atomic mass is 35.5. The van der Waals surface area contributed by atoms with Gasteiger partial charge >= 0.3 is 5.97 Å². The van der Waals surface area contributed by atoms with E-state index in [2.05, 4.69) is 48.0 Å². The minimum Gasteiger partial charge on any atom is -0.460 e. The summed E-state index contributed by atoms with van der Waals surface area (Å²) in [4.78, 5) is 17.2. The molecule has 5 bridgehead atoms. The number of halogens is 2. The van der Waals surface area contributed by atoms with Crippen LogP contribution in [0, 0.1) is 17.8 Å². The van der Waals surface area contributed by atoms with E-state index in [1.165, 1.54) is 11.3 Å². The lowest BCUT2D eigenvalue weighted by Crippen LogP contribution is -2.72. The van der Waals surface area contributed by atoms with E-state index in [0.717, 1.165) is 19.3 Å². The first-order chi connectivity index (χ1) is 13.5. The van der Waals surface area contributed by atoms with Crippen LogP contribution in [0.3, 0.4) is 0 Å². The number of hydrogen-bond donors (Lipinski definition) is 1. The van der Waals surface area contributed by atoms with Crippen molar-refractivity contribution in [1.29, 1.82) is 0 Å². The highest BCUT2D eigenvalue weighted by molar-refractivity contribution is 6.26. The van der Waals surface area contributed by atoms with Crippen molar-refractivity contribution in [2.75, 3.05) is 17.8 Å². The van der Waals surface area contributed by atoms with Gasteiger partial charge < -0.3 is 14.7 Å². The van der Waals surface area contributed by atoms with Crippen molar-refractivity contribution < 1.29 is 14.6 Å². The molecule has 4 saturated heterocycles. The molecule has 5 nitrogen and oxygen atoms in total. The average Bonchev–Trinajstić information content (AvgIpc) is 3.10. The van der Waals surface area contributed by atoms with Crippen molar-refractivity contribution >= 4 is 35.7 Å². The Kier molecular flexibility index (Phi) is 4.46. The van der Waals surface area contributed by atoms with Crippen molar-refractivity contribution in [3.8, 4) is 0 Å². The number of anilines is 1. The highest BCUT2D eigenvalue weighted by Crippen LogP contribution is 2.69. The average molecular weight is 439 g/mol. The van der Waals surface area contributed by atoms with Gasteiger partial charge in [-0.2, -0.15) is 0 Å². The summed E-state index contributed by atoms with van der Waals surface area (Å²) < 4.78 is 6.19. The molecule has 0 aromatic heterocycles. The van der Waals surface area contributed by atoms with E-state index in [-0.39, 0.29) is 65.9 Å². The van der Waals surface area contributed by atoms with Crippen molar-refractivity contribution in [2.24, 2.45) is 17.8 Å². The maximum Gasteiger partial charge on any atom is 0.321 e. The second kappa shape index (κ2) is 6.49. The third-order valence-electron chi connectivity index (χ3n) is 8.79. The standard InChI is InChI=1S/C22H27ClN2O3.ClH/c1-3-11-12-8-15-19-22(13-6-4-5-7-14(13)24(19)2)9-16(25(15)21(11)27)18(12)20(22)28-17(26)10-23;/h4-7,11-12,15-16,18-21,27H,3,8-10H2,1-2H3;1H/t11-,12?,15-,16-,18?,19-,20+,21+,22?;/m0./s1. The van der Waals surface area contributed by atoms with Gasteiger partial charge in [0.2, 0.25) is 0 Å². The summed E-state index contributed by atoms with van der Waals surface area (Å²) in [5, 5.41) is 11.2. The molecule has 1 N–H and O–H groups in total. The van der Waals surface area contributed by atoms with Gasteiger partial charge in [0.15, 0.2) is 0 Å². The minimum absolute atomic E-state index is 0. The summed E-state index contributed by atoms with van der Waals surface area (Å²) in [6.07, 6.45) is 2.44. The first kappa shape index (κ1) is 19.9. The molecule has 1 spiro atoms. The van der Waals surface area contributed by atoms with Crippen LogP contribution in [0.5, 0.6) is 0 Å². The van der Waals surface area contributed by atoms with Gasteiger partial charge in [0.25, 0.3) is 0 Å². The van der Waals surface area contributed by atoms with Crippen LogP contribution in [0.25, 0.3) is 0 Å². The number of piperidine rings is 4. The zero-order valence-corrected chi connectivity index (χ0v) is 18.3. The Morgan fingerprint density at radius 2 is 2.10 bits per heavy atom. The molecule has 5 heterocycles. The summed E-state index contributed by atoms with van der Waals surface area (Å²) in [5.74, 6) is 0.510. The van der Waals surface area contributed by atoms with Gasteiger partial charge in [-0.25, -0.2) is 0 Å². The summed E-state index contributed by atoms with van der Waals surface area (Å²) in [6.45, 7) is 2.17. The molecule has 5 aliphatic heterocycles. The molecule has 7 heteroatoms. The number of carbonyl (C=O) groups excluding carboxylic acids is 1. The van der Waals surface area contributed by atoms with E-state index in [9.17, 15) is 9.90 Å². The van der Waals surface area contributed by atoms with E-state index in [1.807, 2.05) is 0 Å². The smallest absolute Gasteiger partial charge is 0.321 e. The van der Waals surface area contributed by atoms with E-state index >= 15 is 0 Å². The molecule has 7 rings (SSSR count). The summed E-state index contributed by atoms with van der Waals surface area (Å²) in [6, 6.07) is 9.40. The van der Waals surface area contributed by atoms with Gasteiger partial charge in [0, 0.05) is 36.7 Å². The molecule has 1 saturated carbocycles. The molecule has 10 atom stereocenters. The Balaban J connectivity index is 0.00000181. The number of carbonyl (C=O) groups is 1. The summed E-state index contributed by atoms with van der Waals surface area (Å²) in [5.41, 5.74) is 2.36. The van der Waals surface area contributed by atoms with Crippen LogP contribution in [-0.2, 0) is 14.9 Å². The molecule has 6 aliphatic rings. The molecule has 4 unspecified atom stereocenters. The largest absolute Gasteiger partial charge is 0.460 e. The highest BCUT2D eigenvalue weighted by Gasteiger charge is 2.77. The third-order valence-corrected chi connectivity index (χ3v) is 9.01. The van der Waals surface area contributed by atoms with Crippen molar-refractivity contribution in [3.05, 3.63) is 29.8 Å². The molecule has 0 radical (unpaired) electrons. The molecule has 1 aromatic rings. The number of benzene rings is 1. The number of fused-ring (bicyclic) bond motifs is 2. The molecule has 29 heavy (non-hydrogen) atoms. The number of hydrogen-bond acceptors (Lipinski definition) is 5. The van der Waals surface area contributed by atoms with Gasteiger partial charge in [-0.1, -0.05) is 25.1 Å². The van der Waals surface area contributed by atoms with Crippen LogP contribution in [0.1, 0.15) is 31.7 Å². The molecule has 158 valence electrons. The minimum atomic E-state index is -0.382. The Labute approximate surface area is 182 Å². The Hall–Kier alpha value is -1.01. The molecular formula is C22H28Cl2N2O3. The number of para-hydroxylation sites is 1. The fourth-order valence-electron chi connectivity index (χ4n) is 8.20. The normalized spacial score (nSPS) is 47.6. The zero-order valence-electron chi connectivity index (χ0n) is 16.7. The number of esters is 1. The van der Waals surface area contributed by atoms with Crippen molar-refractivity contribution in [2.45, 2.75) is 62.1 Å². The number of aliphatic hydroxyl groups excluding tert-OH is 1. The monoisotopic (exact) mass is 438 g/mol. The van der Waals surface area contributed by atoms with Crippen LogP contribution >= 0.6 is 24.0 Å². The number of rotatable bonds is 3. The number of nitrogens with zero attached hydrogens (tertiary/aromatic N) is 2. The predicted octanol–water partition coefficient (Wildman–Crippen LogP) is 2.77. The van der Waals surface area contributed by atoms with E-state index in [4.69, 9.17) is 16.3 Å². The Morgan fingerprint density at radius 1 is 1.34 bits per heavy atom. The lowest BCUT2D eigenvalue weighted by atomic mass is 9.62. The van der Waals surface area contributed by atoms with Crippen LogP contribution in [-0.4, -0.2) is 59.4 Å². The van der Waals surface area contributed by atoms with Crippen molar-refractivity contribution in [1.82, 2.24) is 4.90 Å². The molecular weight excluding hydrogens is 411 g/mol. The van der Waals surface area contributed by atoms with Gasteiger partial charge in [0.1, 0.15) is 18.2 Å². The van der Waals surface area contributed by atoms with Gasteiger partial charge in [-0.3, -0.25) is 9.69 Å². The number of likely N-dealkylation sites (N-methyl/N-ethyl adjacent to an activating group) is 1. The second-order valence-corrected chi connectivity index (χ2v) is 9.67. The van der Waals surface area contributed by atoms with E-state index < -0.39 is 0 Å². The molecule has 1 aliphatic carbocycles. The molecule has 5 fully saturated rings. The topological polar surface area (TPSA) is 53.0 Å². The Morgan fingerprint density at radius 3 is 2.83 bits per heavy atom. The first-order valence-electron chi connectivity index (χ1n) is 10.6. The van der Waals surface area contributed by atoms with E-state index in [0.29, 0.717) is 12.0 Å². The van der Waals surface area contributed by atoms with Gasteiger partial charge in [0.05, 0.1) is 11.5 Å². The van der Waals surface area contributed by atoms with Crippen LogP contribution in [0.15, 0.2) is 24.3 Å². The molecule has 1 aromatic carbocycles. The van der Waals surface area contributed by atoms with Crippen LogP contribution in [0.4, 0.5) is 5.69 Å². The lowest BCUT2D eigenvalue weighted by molar-refractivity contribution is -0.212. The first-order valence-corrected chi connectivity index (χ1v) is 11.1. The summed E-state index contributed by atoms with van der Waals surface area (Å²) >= 11 is 5.87. The second-order valence-electron chi connectivity index (χ2n) is 9.41. The van der Waals surface area contributed by atoms with Crippen molar-refractivity contribution in [3.63, 3.8) is 0 Å². The van der Waals surface area contributed by atoms with Crippen LogP contribution < -0.4 is 4.90 Å². The number of alkyl halides is 1. The SMILES string of the molecule is CC[C@H]1C2C[C@H]3[C@@H]4N(C)c5ccccc5C45C[C@@H](C2[C@H]5OC(=O)CCl)N3[C@@H]1O.Cl. The van der Waals surface area contributed by atoms with Gasteiger partial charge in [-0.15, -0.1) is 24.0 Å².